The van der Waals surface area contributed by atoms with E-state index in [-0.39, 0.29) is 28.3 Å². The average Bonchev–Trinajstić information content (AvgIpc) is 2.95. The number of ether oxygens (including phenoxy) is 1. The fraction of sp³-hybridized carbons (Fsp3) is 0.364. The standard InChI is InChI=1S/C11H10ClNO4/c1-6-4-8(6)11(14)17-7-2-3-10(13(15)16)9(12)5-7/h2-3,5-6,8H,4H2,1H3. The molecule has 90 valence electrons. The van der Waals surface area contributed by atoms with Crippen LogP contribution in [0.4, 0.5) is 5.69 Å². The highest BCUT2D eigenvalue weighted by molar-refractivity contribution is 6.32. The van der Waals surface area contributed by atoms with Crippen LogP contribution in [0.25, 0.3) is 0 Å². The molecule has 1 aliphatic carbocycles. The molecule has 0 heterocycles. The highest BCUT2D eigenvalue weighted by Crippen LogP contribution is 2.39. The summed E-state index contributed by atoms with van der Waals surface area (Å²) in [5.41, 5.74) is -0.203. The Morgan fingerprint density at radius 2 is 2.24 bits per heavy atom. The number of carbonyl (C=O) groups excluding carboxylic acids is 1. The maximum atomic E-state index is 11.5. The fourth-order valence-corrected chi connectivity index (χ4v) is 1.78. The maximum absolute atomic E-state index is 11.5. The van der Waals surface area contributed by atoms with Crippen molar-refractivity contribution in [3.63, 3.8) is 0 Å². The second-order valence-corrected chi connectivity index (χ2v) is 4.52. The molecule has 2 rings (SSSR count). The lowest BCUT2D eigenvalue weighted by molar-refractivity contribution is -0.384. The molecule has 0 aromatic heterocycles. The Hall–Kier alpha value is -1.62. The van der Waals surface area contributed by atoms with Gasteiger partial charge in [0.05, 0.1) is 10.8 Å². The molecule has 0 bridgehead atoms. The van der Waals surface area contributed by atoms with E-state index < -0.39 is 4.92 Å². The first-order valence-electron chi connectivity index (χ1n) is 5.14. The molecule has 2 atom stereocenters. The van der Waals surface area contributed by atoms with Crippen LogP contribution in [0.1, 0.15) is 13.3 Å². The second-order valence-electron chi connectivity index (χ2n) is 4.11. The smallest absolute Gasteiger partial charge is 0.314 e. The Bertz CT molecular complexity index is 488. The summed E-state index contributed by atoms with van der Waals surface area (Å²) < 4.78 is 5.08. The third kappa shape index (κ3) is 2.55. The first-order chi connectivity index (χ1) is 7.99. The van der Waals surface area contributed by atoms with Gasteiger partial charge in [0.1, 0.15) is 10.8 Å². The minimum atomic E-state index is -0.586. The van der Waals surface area contributed by atoms with Crippen LogP contribution < -0.4 is 4.74 Å². The molecule has 1 fully saturated rings. The van der Waals surface area contributed by atoms with Crippen LogP contribution in [0.5, 0.6) is 5.75 Å². The van der Waals surface area contributed by atoms with Gasteiger partial charge in [0.2, 0.25) is 0 Å². The van der Waals surface area contributed by atoms with Crippen molar-refractivity contribution in [3.05, 3.63) is 33.3 Å². The van der Waals surface area contributed by atoms with Crippen LogP contribution in [-0.2, 0) is 4.79 Å². The minimum Gasteiger partial charge on any atom is -0.426 e. The highest BCUT2D eigenvalue weighted by atomic mass is 35.5. The number of hydrogen-bond acceptors (Lipinski definition) is 4. The number of rotatable bonds is 3. The van der Waals surface area contributed by atoms with Gasteiger partial charge in [-0.2, -0.15) is 0 Å². The van der Waals surface area contributed by atoms with Gasteiger partial charge in [0, 0.05) is 12.1 Å². The topological polar surface area (TPSA) is 69.4 Å². The normalized spacial score (nSPS) is 22.0. The Morgan fingerprint density at radius 1 is 1.59 bits per heavy atom. The number of nitro benzene ring substituents is 1. The zero-order chi connectivity index (χ0) is 12.6. The summed E-state index contributed by atoms with van der Waals surface area (Å²) in [6.07, 6.45) is 0.833. The maximum Gasteiger partial charge on any atom is 0.314 e. The predicted octanol–water partition coefficient (Wildman–Crippen LogP) is 2.81. The van der Waals surface area contributed by atoms with Crippen LogP contribution in [-0.4, -0.2) is 10.9 Å². The molecule has 1 aliphatic rings. The molecule has 0 spiro atoms. The molecule has 0 aliphatic heterocycles. The van der Waals surface area contributed by atoms with Gasteiger partial charge in [0.25, 0.3) is 5.69 Å². The lowest BCUT2D eigenvalue weighted by Crippen LogP contribution is -2.11. The first kappa shape index (κ1) is 11.9. The zero-order valence-corrected chi connectivity index (χ0v) is 9.81. The molecular weight excluding hydrogens is 246 g/mol. The third-order valence-corrected chi connectivity index (χ3v) is 3.05. The summed E-state index contributed by atoms with van der Waals surface area (Å²) >= 11 is 5.70. The molecule has 0 N–H and O–H groups in total. The Kier molecular flexibility index (Phi) is 3.02. The van der Waals surface area contributed by atoms with Crippen molar-refractivity contribution in [2.45, 2.75) is 13.3 Å². The van der Waals surface area contributed by atoms with E-state index in [1.54, 1.807) is 0 Å². The van der Waals surface area contributed by atoms with Gasteiger partial charge < -0.3 is 4.74 Å². The fourth-order valence-electron chi connectivity index (χ4n) is 1.54. The number of hydrogen-bond donors (Lipinski definition) is 0. The molecule has 5 nitrogen and oxygen atoms in total. The van der Waals surface area contributed by atoms with E-state index in [4.69, 9.17) is 16.3 Å². The summed E-state index contributed by atoms with van der Waals surface area (Å²) in [7, 11) is 0. The van der Waals surface area contributed by atoms with Crippen molar-refractivity contribution in [1.82, 2.24) is 0 Å². The van der Waals surface area contributed by atoms with Crippen molar-refractivity contribution in [2.75, 3.05) is 0 Å². The lowest BCUT2D eigenvalue weighted by atomic mass is 10.3. The first-order valence-corrected chi connectivity index (χ1v) is 5.52. The predicted molar refractivity (Wildman–Crippen MR) is 61.0 cm³/mol. The van der Waals surface area contributed by atoms with E-state index in [2.05, 4.69) is 0 Å². The van der Waals surface area contributed by atoms with Gasteiger partial charge in [-0.15, -0.1) is 0 Å². The molecule has 6 heteroatoms. The van der Waals surface area contributed by atoms with Crippen LogP contribution >= 0.6 is 11.6 Å². The minimum absolute atomic E-state index is 0.0378. The quantitative estimate of drug-likeness (QED) is 0.360. The number of halogens is 1. The van der Waals surface area contributed by atoms with Crippen molar-refractivity contribution < 1.29 is 14.5 Å². The van der Waals surface area contributed by atoms with Gasteiger partial charge in [-0.1, -0.05) is 18.5 Å². The van der Waals surface area contributed by atoms with Crippen LogP contribution in [0.3, 0.4) is 0 Å². The second kappa shape index (κ2) is 4.33. The Balaban J connectivity index is 2.10. The van der Waals surface area contributed by atoms with Crippen molar-refractivity contribution in [2.24, 2.45) is 11.8 Å². The van der Waals surface area contributed by atoms with Gasteiger partial charge in [-0.25, -0.2) is 0 Å². The molecule has 1 saturated carbocycles. The van der Waals surface area contributed by atoms with Gasteiger partial charge in [0.15, 0.2) is 0 Å². The number of esters is 1. The largest absolute Gasteiger partial charge is 0.426 e. The van der Waals surface area contributed by atoms with E-state index in [1.165, 1.54) is 18.2 Å². The van der Waals surface area contributed by atoms with Crippen molar-refractivity contribution in [3.8, 4) is 5.75 Å². The molecule has 1 aromatic carbocycles. The monoisotopic (exact) mass is 255 g/mol. The molecule has 1 aromatic rings. The number of carbonyl (C=O) groups is 1. The van der Waals surface area contributed by atoms with Crippen molar-refractivity contribution in [1.29, 1.82) is 0 Å². The van der Waals surface area contributed by atoms with Crippen molar-refractivity contribution >= 4 is 23.3 Å². The summed E-state index contributed by atoms with van der Waals surface area (Å²) in [5, 5.41) is 10.5. The molecular formula is C11H10ClNO4. The average molecular weight is 256 g/mol. The van der Waals surface area contributed by atoms with E-state index >= 15 is 0 Å². The molecule has 0 saturated heterocycles. The molecule has 2 unspecified atom stereocenters. The highest BCUT2D eigenvalue weighted by Gasteiger charge is 2.40. The summed E-state index contributed by atoms with van der Waals surface area (Å²) in [6.45, 7) is 1.97. The summed E-state index contributed by atoms with van der Waals surface area (Å²) in [5.74, 6) is 0.243. The summed E-state index contributed by atoms with van der Waals surface area (Å²) in [6, 6.07) is 3.88. The molecule has 0 amide bonds. The van der Waals surface area contributed by atoms with E-state index in [9.17, 15) is 14.9 Å². The van der Waals surface area contributed by atoms with E-state index in [0.717, 1.165) is 6.42 Å². The van der Waals surface area contributed by atoms with E-state index in [1.807, 2.05) is 6.92 Å². The SMILES string of the molecule is CC1CC1C(=O)Oc1ccc([N+](=O)[O-])c(Cl)c1. The van der Waals surface area contributed by atoms with Crippen LogP contribution in [0.2, 0.25) is 5.02 Å². The number of nitro groups is 1. The third-order valence-electron chi connectivity index (χ3n) is 2.75. The van der Waals surface area contributed by atoms with Crippen LogP contribution in [0.15, 0.2) is 18.2 Å². The van der Waals surface area contributed by atoms with Gasteiger partial charge in [-0.05, 0) is 18.4 Å². The lowest BCUT2D eigenvalue weighted by Gasteiger charge is -2.03. The van der Waals surface area contributed by atoms with Gasteiger partial charge >= 0.3 is 5.97 Å². The zero-order valence-electron chi connectivity index (χ0n) is 9.05. The molecule has 17 heavy (non-hydrogen) atoms. The van der Waals surface area contributed by atoms with Crippen LogP contribution in [0, 0.1) is 22.0 Å². The van der Waals surface area contributed by atoms with E-state index in [0.29, 0.717) is 5.92 Å². The Labute approximate surface area is 102 Å². The molecule has 0 radical (unpaired) electrons. The summed E-state index contributed by atoms with van der Waals surface area (Å²) in [4.78, 5) is 21.5. The number of nitrogens with zero attached hydrogens (tertiary/aromatic N) is 1. The number of benzene rings is 1. The van der Waals surface area contributed by atoms with Gasteiger partial charge in [-0.3, -0.25) is 14.9 Å². The Morgan fingerprint density at radius 3 is 2.71 bits per heavy atom.